The molecule has 0 spiro atoms. The number of hydrogen-bond acceptors (Lipinski definition) is 3. The Labute approximate surface area is 75.6 Å². The second-order valence-corrected chi connectivity index (χ2v) is 1.98. The van der Waals surface area contributed by atoms with Crippen molar-refractivity contribution in [2.24, 2.45) is 0 Å². The Morgan fingerprint density at radius 3 is 2.36 bits per heavy atom. The molecule has 1 heterocycles. The summed E-state index contributed by atoms with van der Waals surface area (Å²) < 4.78 is 0. The summed E-state index contributed by atoms with van der Waals surface area (Å²) in [4.78, 5) is 20.4. The SMILES string of the molecule is O.O=C1CCC(C(=O)[O-])N1.[Li+]. The first-order valence-electron chi connectivity index (χ1n) is 2.70. The quantitative estimate of drug-likeness (QED) is 0.379. The zero-order valence-electron chi connectivity index (χ0n) is 6.22. The fourth-order valence-corrected chi connectivity index (χ4v) is 0.791. The number of hydrogen-bond donors (Lipinski definition) is 1. The van der Waals surface area contributed by atoms with E-state index in [1.807, 2.05) is 0 Å². The van der Waals surface area contributed by atoms with Crippen LogP contribution in [0.5, 0.6) is 0 Å². The third kappa shape index (κ3) is 3.42. The van der Waals surface area contributed by atoms with Gasteiger partial charge in [-0.1, -0.05) is 0 Å². The van der Waals surface area contributed by atoms with Crippen LogP contribution in [0.2, 0.25) is 0 Å². The van der Waals surface area contributed by atoms with Crippen molar-refractivity contribution in [2.75, 3.05) is 0 Å². The second-order valence-electron chi connectivity index (χ2n) is 1.98. The summed E-state index contributed by atoms with van der Waals surface area (Å²) >= 11 is 0. The summed E-state index contributed by atoms with van der Waals surface area (Å²) in [6.45, 7) is 0. The molecule has 11 heavy (non-hydrogen) atoms. The summed E-state index contributed by atoms with van der Waals surface area (Å²) in [6, 6.07) is -0.752. The molecule has 0 aromatic carbocycles. The van der Waals surface area contributed by atoms with E-state index in [-0.39, 0.29) is 30.2 Å². The molecule has 0 aromatic rings. The number of carbonyl (C=O) groups is 2. The molecule has 1 aliphatic rings. The molecular weight excluding hydrogens is 145 g/mol. The van der Waals surface area contributed by atoms with Gasteiger partial charge in [0.05, 0.1) is 12.0 Å². The first-order valence-corrected chi connectivity index (χ1v) is 2.70. The Kier molecular flexibility index (Phi) is 6.18. The van der Waals surface area contributed by atoms with Gasteiger partial charge in [0.1, 0.15) is 0 Å². The molecule has 1 saturated heterocycles. The van der Waals surface area contributed by atoms with Crippen molar-refractivity contribution in [3.05, 3.63) is 0 Å². The molecule has 0 saturated carbocycles. The van der Waals surface area contributed by atoms with Crippen LogP contribution in [-0.2, 0) is 9.59 Å². The number of carboxylic acid groups (broad SMARTS) is 1. The summed E-state index contributed by atoms with van der Waals surface area (Å²) in [5.41, 5.74) is 0. The van der Waals surface area contributed by atoms with Gasteiger partial charge >= 0.3 is 18.9 Å². The zero-order chi connectivity index (χ0) is 6.85. The van der Waals surface area contributed by atoms with Gasteiger partial charge in [-0.15, -0.1) is 0 Å². The van der Waals surface area contributed by atoms with Gasteiger partial charge in [-0.25, -0.2) is 0 Å². The van der Waals surface area contributed by atoms with E-state index in [1.165, 1.54) is 0 Å². The van der Waals surface area contributed by atoms with Crippen LogP contribution in [0.3, 0.4) is 0 Å². The molecule has 1 fully saturated rings. The van der Waals surface area contributed by atoms with Crippen molar-refractivity contribution in [1.29, 1.82) is 0 Å². The molecule has 1 aliphatic heterocycles. The zero-order valence-corrected chi connectivity index (χ0v) is 6.22. The number of carbonyl (C=O) groups excluding carboxylic acids is 2. The van der Waals surface area contributed by atoms with E-state index in [4.69, 9.17) is 0 Å². The summed E-state index contributed by atoms with van der Waals surface area (Å²) in [7, 11) is 0. The molecule has 0 bridgehead atoms. The topological polar surface area (TPSA) is 101 Å². The average molecular weight is 153 g/mol. The minimum Gasteiger partial charge on any atom is -0.548 e. The maximum absolute atomic E-state index is 10.4. The van der Waals surface area contributed by atoms with Crippen LogP contribution in [0.15, 0.2) is 0 Å². The third-order valence-electron chi connectivity index (χ3n) is 1.28. The van der Waals surface area contributed by atoms with Crippen LogP contribution in [-0.4, -0.2) is 23.4 Å². The van der Waals surface area contributed by atoms with Gasteiger partial charge in [-0.3, -0.25) is 4.79 Å². The van der Waals surface area contributed by atoms with Crippen molar-refractivity contribution in [3.63, 3.8) is 0 Å². The van der Waals surface area contributed by atoms with Crippen LogP contribution >= 0.6 is 0 Å². The Balaban J connectivity index is 0. The van der Waals surface area contributed by atoms with E-state index < -0.39 is 12.0 Å². The third-order valence-corrected chi connectivity index (χ3v) is 1.28. The molecule has 0 radical (unpaired) electrons. The first-order chi connectivity index (χ1) is 4.20. The van der Waals surface area contributed by atoms with Crippen LogP contribution in [0, 0.1) is 0 Å². The smallest absolute Gasteiger partial charge is 0.548 e. The molecule has 1 atom stereocenters. The Bertz CT molecular complexity index is 161. The van der Waals surface area contributed by atoms with Crippen LogP contribution < -0.4 is 29.3 Å². The average Bonchev–Trinajstić information content (AvgIpc) is 2.14. The van der Waals surface area contributed by atoms with E-state index in [2.05, 4.69) is 5.32 Å². The van der Waals surface area contributed by atoms with Crippen molar-refractivity contribution in [1.82, 2.24) is 5.32 Å². The maximum Gasteiger partial charge on any atom is 1.00 e. The predicted octanol–water partition coefficient (Wildman–Crippen LogP) is -5.81. The van der Waals surface area contributed by atoms with Crippen molar-refractivity contribution in [2.45, 2.75) is 18.9 Å². The molecule has 0 aromatic heterocycles. The number of rotatable bonds is 1. The molecule has 1 unspecified atom stereocenters. The maximum atomic E-state index is 10.4. The van der Waals surface area contributed by atoms with Crippen molar-refractivity contribution >= 4 is 11.9 Å². The fraction of sp³-hybridized carbons (Fsp3) is 0.600. The molecule has 58 valence electrons. The number of nitrogens with one attached hydrogen (secondary N) is 1. The van der Waals surface area contributed by atoms with Crippen LogP contribution in [0.1, 0.15) is 12.8 Å². The minimum atomic E-state index is -1.19. The molecule has 1 amide bonds. The van der Waals surface area contributed by atoms with Gasteiger partial charge in [0, 0.05) is 6.42 Å². The standard InChI is InChI=1S/C5H7NO3.Li.H2O/c7-4-2-1-3(6-4)5(8)9;;/h3H,1-2H2,(H,6,7)(H,8,9);;1H2/q;+1;/p-1. The number of carboxylic acids is 1. The van der Waals surface area contributed by atoms with E-state index in [0.29, 0.717) is 12.8 Å². The first kappa shape index (κ1) is 13.1. The number of amides is 1. The second kappa shape index (κ2) is 5.19. The van der Waals surface area contributed by atoms with Crippen molar-refractivity contribution < 1.29 is 39.0 Å². The largest absolute Gasteiger partial charge is 1.00 e. The molecular formula is C5H8LiNO4. The van der Waals surface area contributed by atoms with Gasteiger partial charge in [0.2, 0.25) is 5.91 Å². The Morgan fingerprint density at radius 1 is 1.64 bits per heavy atom. The summed E-state index contributed by atoms with van der Waals surface area (Å²) in [5.74, 6) is -1.40. The Hall–Kier alpha value is -0.503. The van der Waals surface area contributed by atoms with Gasteiger partial charge in [0.15, 0.2) is 0 Å². The van der Waals surface area contributed by atoms with E-state index in [9.17, 15) is 14.7 Å². The monoisotopic (exact) mass is 153 g/mol. The minimum absolute atomic E-state index is 0. The number of aliphatic carboxylic acids is 1. The van der Waals surface area contributed by atoms with Gasteiger partial charge < -0.3 is 20.7 Å². The van der Waals surface area contributed by atoms with Crippen molar-refractivity contribution in [3.8, 4) is 0 Å². The van der Waals surface area contributed by atoms with E-state index in [1.54, 1.807) is 0 Å². The van der Waals surface area contributed by atoms with E-state index in [0.717, 1.165) is 0 Å². The molecule has 3 N–H and O–H groups in total. The molecule has 0 aliphatic carbocycles. The molecule has 6 heteroatoms. The Morgan fingerprint density at radius 2 is 2.18 bits per heavy atom. The van der Waals surface area contributed by atoms with Gasteiger partial charge in [-0.05, 0) is 6.42 Å². The predicted molar refractivity (Wildman–Crippen MR) is 29.8 cm³/mol. The van der Waals surface area contributed by atoms with Gasteiger partial charge in [0.25, 0.3) is 0 Å². The molecule has 1 rings (SSSR count). The summed E-state index contributed by atoms with van der Waals surface area (Å²) in [5, 5.41) is 12.3. The normalized spacial score (nSPS) is 21.1. The fourth-order valence-electron chi connectivity index (χ4n) is 0.791. The van der Waals surface area contributed by atoms with Gasteiger partial charge in [-0.2, -0.15) is 0 Å². The van der Waals surface area contributed by atoms with E-state index >= 15 is 0 Å². The molecule has 5 nitrogen and oxygen atoms in total. The van der Waals surface area contributed by atoms with Crippen LogP contribution in [0.25, 0.3) is 0 Å². The summed E-state index contributed by atoms with van der Waals surface area (Å²) in [6.07, 6.45) is 0.666. The van der Waals surface area contributed by atoms with Crippen LogP contribution in [0.4, 0.5) is 0 Å².